The number of nitrogens with two attached hydrogens (primary N) is 1. The van der Waals surface area contributed by atoms with Gasteiger partial charge in [-0.15, -0.1) is 0 Å². The summed E-state index contributed by atoms with van der Waals surface area (Å²) in [5.41, 5.74) is 8.86. The van der Waals surface area contributed by atoms with Crippen molar-refractivity contribution in [2.24, 2.45) is 0 Å². The summed E-state index contributed by atoms with van der Waals surface area (Å²) < 4.78 is 5.80. The van der Waals surface area contributed by atoms with Gasteiger partial charge in [0.2, 0.25) is 0 Å². The minimum absolute atomic E-state index is 0.139. The summed E-state index contributed by atoms with van der Waals surface area (Å²) in [7, 11) is 0. The Balaban J connectivity index is 1.84. The van der Waals surface area contributed by atoms with Crippen LogP contribution in [0.1, 0.15) is 67.8 Å². The number of allylic oxidation sites excluding steroid dienone is 2. The molecular weight excluding hydrogens is 324 g/mol. The summed E-state index contributed by atoms with van der Waals surface area (Å²) in [5, 5.41) is 1.02. The third kappa shape index (κ3) is 4.01. The Hall–Kier alpha value is -2.07. The second kappa shape index (κ2) is 8.54. The Kier molecular flexibility index (Phi) is 6.15. The molecule has 2 heterocycles. The maximum absolute atomic E-state index is 12.5. The van der Waals surface area contributed by atoms with Crippen LogP contribution in [-0.2, 0) is 0 Å². The highest BCUT2D eigenvalue weighted by atomic mass is 16.3. The van der Waals surface area contributed by atoms with Crippen molar-refractivity contribution in [2.75, 3.05) is 25.4 Å². The third-order valence-electron chi connectivity index (χ3n) is 5.32. The van der Waals surface area contributed by atoms with Gasteiger partial charge in [-0.25, -0.2) is 0 Å². The smallest absolute Gasteiger partial charge is 0.195 e. The molecule has 1 aliphatic heterocycles. The van der Waals surface area contributed by atoms with Crippen molar-refractivity contribution in [3.63, 3.8) is 0 Å². The van der Waals surface area contributed by atoms with Crippen LogP contribution in [0.25, 0.3) is 11.0 Å². The molecule has 0 saturated carbocycles. The van der Waals surface area contributed by atoms with Crippen molar-refractivity contribution in [3.05, 3.63) is 41.5 Å². The van der Waals surface area contributed by atoms with Gasteiger partial charge in [-0.3, -0.25) is 4.79 Å². The second-order valence-corrected chi connectivity index (χ2v) is 7.21. The summed E-state index contributed by atoms with van der Waals surface area (Å²) in [5.74, 6) is 1.07. The van der Waals surface area contributed by atoms with Crippen molar-refractivity contribution in [2.45, 2.75) is 51.9 Å². The van der Waals surface area contributed by atoms with Gasteiger partial charge in [0.25, 0.3) is 0 Å². The molecule has 0 bridgehead atoms. The number of likely N-dealkylation sites (tertiary alicyclic amines) is 1. The highest BCUT2D eigenvalue weighted by Gasteiger charge is 2.26. The number of carbonyl (C=O) groups is 1. The van der Waals surface area contributed by atoms with E-state index in [0.29, 0.717) is 18.2 Å². The molecule has 1 fully saturated rings. The molecule has 26 heavy (non-hydrogen) atoms. The molecule has 4 nitrogen and oxygen atoms in total. The molecule has 0 spiro atoms. The van der Waals surface area contributed by atoms with E-state index in [4.69, 9.17) is 10.2 Å². The highest BCUT2D eigenvalue weighted by molar-refractivity contribution is 6.01. The molecule has 1 aromatic carbocycles. The van der Waals surface area contributed by atoms with E-state index in [0.717, 1.165) is 61.0 Å². The lowest BCUT2D eigenvalue weighted by Crippen LogP contribution is -2.33. The van der Waals surface area contributed by atoms with Crippen LogP contribution in [0.15, 0.2) is 34.8 Å². The van der Waals surface area contributed by atoms with E-state index in [2.05, 4.69) is 18.7 Å². The average Bonchev–Trinajstić information content (AvgIpc) is 2.98. The maximum Gasteiger partial charge on any atom is 0.195 e. The molecule has 0 aliphatic carbocycles. The summed E-state index contributed by atoms with van der Waals surface area (Å²) in [6, 6.07) is 5.71. The van der Waals surface area contributed by atoms with E-state index >= 15 is 0 Å². The summed E-state index contributed by atoms with van der Waals surface area (Å²) >= 11 is 0. The lowest BCUT2D eigenvalue weighted by Gasteiger charge is -2.31. The highest BCUT2D eigenvalue weighted by Crippen LogP contribution is 2.39. The molecule has 0 amide bonds. The van der Waals surface area contributed by atoms with Crippen molar-refractivity contribution >= 4 is 22.6 Å². The van der Waals surface area contributed by atoms with Crippen LogP contribution in [-0.4, -0.2) is 30.3 Å². The lowest BCUT2D eigenvalue weighted by atomic mass is 9.88. The minimum Gasteiger partial charge on any atom is -0.441 e. The van der Waals surface area contributed by atoms with Crippen LogP contribution >= 0.6 is 0 Å². The Morgan fingerprint density at radius 1 is 1.27 bits per heavy atom. The molecule has 1 aliphatic rings. The van der Waals surface area contributed by atoms with E-state index in [1.54, 1.807) is 0 Å². The predicted molar refractivity (Wildman–Crippen MR) is 108 cm³/mol. The minimum atomic E-state index is 0.139. The number of Topliss-reactive ketones (excluding diaryl/α,β-unsaturated/α-hetero) is 1. The third-order valence-corrected chi connectivity index (χ3v) is 5.32. The first-order valence-electron chi connectivity index (χ1n) is 9.86. The number of nitrogen functional groups attached to an aromatic ring is 1. The number of benzene rings is 1. The van der Waals surface area contributed by atoms with E-state index in [1.165, 1.54) is 6.42 Å². The fraction of sp³-hybridized carbons (Fsp3) is 0.500. The quantitative estimate of drug-likeness (QED) is 0.552. The van der Waals surface area contributed by atoms with Crippen LogP contribution in [0.4, 0.5) is 5.88 Å². The molecule has 4 heteroatoms. The lowest BCUT2D eigenvalue weighted by molar-refractivity contribution is 0.0996. The van der Waals surface area contributed by atoms with Gasteiger partial charge < -0.3 is 15.1 Å². The number of rotatable bonds is 7. The zero-order valence-electron chi connectivity index (χ0n) is 16.0. The number of hydrogen-bond donors (Lipinski definition) is 1. The first-order valence-corrected chi connectivity index (χ1v) is 9.86. The molecule has 3 rings (SSSR count). The van der Waals surface area contributed by atoms with Gasteiger partial charge in [-0.1, -0.05) is 26.0 Å². The molecule has 1 aromatic heterocycles. The number of carbonyl (C=O) groups excluding carboxylic acids is 1. The average molecular weight is 354 g/mol. The Bertz CT molecular complexity index is 783. The Morgan fingerprint density at radius 2 is 2.04 bits per heavy atom. The first kappa shape index (κ1) is 18.7. The number of hydrogen-bond acceptors (Lipinski definition) is 4. The van der Waals surface area contributed by atoms with E-state index in [1.807, 2.05) is 30.4 Å². The van der Waals surface area contributed by atoms with Crippen molar-refractivity contribution < 1.29 is 9.21 Å². The Morgan fingerprint density at radius 3 is 2.73 bits per heavy atom. The summed E-state index contributed by atoms with van der Waals surface area (Å²) in [6.45, 7) is 7.66. The molecule has 2 N–H and O–H groups in total. The molecule has 1 saturated heterocycles. The molecule has 140 valence electrons. The molecule has 0 atom stereocenters. The number of ketones is 1. The van der Waals surface area contributed by atoms with E-state index < -0.39 is 0 Å². The number of piperidine rings is 1. The van der Waals surface area contributed by atoms with Crippen LogP contribution in [0, 0.1) is 0 Å². The molecule has 0 unspecified atom stereocenters. The van der Waals surface area contributed by atoms with Crippen LogP contribution in [0.5, 0.6) is 0 Å². The normalized spacial score (nSPS) is 16.7. The SMILES string of the molecule is CCC=CCC(=O)c1ccc2oc(N)c(C3CCN(CCC)CC3)c2c1. The fourth-order valence-electron chi connectivity index (χ4n) is 3.97. The van der Waals surface area contributed by atoms with Crippen LogP contribution < -0.4 is 5.73 Å². The van der Waals surface area contributed by atoms with Gasteiger partial charge in [0.1, 0.15) is 5.58 Å². The van der Waals surface area contributed by atoms with Crippen LogP contribution in [0.3, 0.4) is 0 Å². The largest absolute Gasteiger partial charge is 0.441 e. The van der Waals surface area contributed by atoms with Gasteiger partial charge in [0.15, 0.2) is 11.7 Å². The summed E-state index contributed by atoms with van der Waals surface area (Å²) in [6.07, 6.45) is 8.75. The van der Waals surface area contributed by atoms with Gasteiger partial charge in [0.05, 0.1) is 0 Å². The number of nitrogens with zero attached hydrogens (tertiary/aromatic N) is 1. The standard InChI is InChI=1S/C22H30N2O2/c1-3-5-6-7-19(25)17-8-9-20-18(15-17)21(22(23)26-20)16-10-13-24(12-4-2)14-11-16/h5-6,8-9,15-16H,3-4,7,10-14,23H2,1-2H3. The van der Waals surface area contributed by atoms with Crippen molar-refractivity contribution in [1.82, 2.24) is 4.90 Å². The zero-order valence-corrected chi connectivity index (χ0v) is 16.0. The van der Waals surface area contributed by atoms with Gasteiger partial charge >= 0.3 is 0 Å². The van der Waals surface area contributed by atoms with Crippen LogP contribution in [0.2, 0.25) is 0 Å². The van der Waals surface area contributed by atoms with E-state index in [9.17, 15) is 4.79 Å². The van der Waals surface area contributed by atoms with Gasteiger partial charge in [-0.2, -0.15) is 0 Å². The number of furan rings is 1. The van der Waals surface area contributed by atoms with E-state index in [-0.39, 0.29) is 5.78 Å². The fourth-order valence-corrected chi connectivity index (χ4v) is 3.97. The maximum atomic E-state index is 12.5. The first-order chi connectivity index (χ1) is 12.6. The second-order valence-electron chi connectivity index (χ2n) is 7.21. The number of fused-ring (bicyclic) bond motifs is 1. The van der Waals surface area contributed by atoms with Crippen molar-refractivity contribution in [3.8, 4) is 0 Å². The molecule has 2 aromatic rings. The zero-order chi connectivity index (χ0) is 18.5. The van der Waals surface area contributed by atoms with Gasteiger partial charge in [0, 0.05) is 22.9 Å². The monoisotopic (exact) mass is 354 g/mol. The topological polar surface area (TPSA) is 59.5 Å². The summed E-state index contributed by atoms with van der Waals surface area (Å²) in [4.78, 5) is 15.0. The predicted octanol–water partition coefficient (Wildman–Crippen LogP) is 5.14. The Labute approximate surface area is 156 Å². The molecule has 0 radical (unpaired) electrons. The van der Waals surface area contributed by atoms with Crippen molar-refractivity contribution in [1.29, 1.82) is 0 Å². The van der Waals surface area contributed by atoms with Gasteiger partial charge in [-0.05, 0) is 69.4 Å². The molecular formula is C22H30N2O2. The number of anilines is 1.